The highest BCUT2D eigenvalue weighted by Gasteiger charge is 1.92. The topological polar surface area (TPSA) is 56.0 Å². The van der Waals surface area contributed by atoms with Gasteiger partial charge in [-0.2, -0.15) is 0 Å². The number of nitrogen functional groups attached to an aromatic ring is 1. The van der Waals surface area contributed by atoms with E-state index in [1.807, 2.05) is 0 Å². The Bertz CT molecular complexity index is 222. The Hall–Kier alpha value is -1.38. The Morgan fingerprint density at radius 1 is 1.67 bits per heavy atom. The normalized spacial score (nSPS) is 8.89. The quantitative estimate of drug-likeness (QED) is 0.551. The highest BCUT2D eigenvalue weighted by Crippen LogP contribution is 2.03. The summed E-state index contributed by atoms with van der Waals surface area (Å²) in [6, 6.07) is 1.59. The second-order valence-corrected chi connectivity index (χ2v) is 1.62. The van der Waals surface area contributed by atoms with Crippen LogP contribution in [0.25, 0.3) is 0 Å². The predicted octanol–water partition coefficient (Wildman–Crippen LogP) is 0.476. The van der Waals surface area contributed by atoms with E-state index in [0.717, 1.165) is 0 Å². The molecule has 3 heteroatoms. The molecule has 0 spiro atoms. The average Bonchev–Trinajstić information content (AvgIpc) is 1.89. The second kappa shape index (κ2) is 2.26. The number of aromatic nitrogens is 1. The van der Waals surface area contributed by atoms with Crippen LogP contribution >= 0.6 is 0 Å². The van der Waals surface area contributed by atoms with Gasteiger partial charge in [0.05, 0.1) is 5.56 Å². The molecule has 1 aromatic rings. The summed E-state index contributed by atoms with van der Waals surface area (Å²) >= 11 is 0. The highest BCUT2D eigenvalue weighted by atomic mass is 16.1. The number of nitrogens with two attached hydrogens (primary N) is 1. The summed E-state index contributed by atoms with van der Waals surface area (Å²) in [5, 5.41) is 0. The van der Waals surface area contributed by atoms with Crippen LogP contribution in [0.3, 0.4) is 0 Å². The first-order chi connectivity index (χ1) is 4.34. The molecule has 9 heavy (non-hydrogen) atoms. The number of carbonyl (C=O) groups is 1. The zero-order chi connectivity index (χ0) is 6.69. The maximum Gasteiger partial charge on any atom is 0.153 e. The van der Waals surface area contributed by atoms with Crippen molar-refractivity contribution >= 4 is 12.0 Å². The smallest absolute Gasteiger partial charge is 0.153 e. The molecule has 0 amide bonds. The minimum atomic E-state index is 0.442. The number of aldehydes is 1. The van der Waals surface area contributed by atoms with Crippen LogP contribution in [0.2, 0.25) is 0 Å². The highest BCUT2D eigenvalue weighted by molar-refractivity contribution is 5.82. The molecule has 0 saturated heterocycles. The molecule has 0 unspecified atom stereocenters. The van der Waals surface area contributed by atoms with Crippen molar-refractivity contribution in [3.63, 3.8) is 0 Å². The SMILES string of the molecule is Nc1ccncc1C=O. The van der Waals surface area contributed by atoms with Crippen LogP contribution in [0.5, 0.6) is 0 Å². The lowest BCUT2D eigenvalue weighted by Crippen LogP contribution is -1.91. The van der Waals surface area contributed by atoms with E-state index in [4.69, 9.17) is 5.73 Å². The number of carbonyl (C=O) groups excluding carboxylic acids is 1. The Balaban J connectivity index is 3.15. The van der Waals surface area contributed by atoms with Gasteiger partial charge < -0.3 is 5.73 Å². The molecule has 46 valence electrons. The fourth-order valence-corrected chi connectivity index (χ4v) is 0.516. The molecule has 0 bridgehead atoms. The van der Waals surface area contributed by atoms with E-state index in [-0.39, 0.29) is 0 Å². The summed E-state index contributed by atoms with van der Waals surface area (Å²) in [6.45, 7) is 0. The van der Waals surface area contributed by atoms with Gasteiger partial charge in [0.2, 0.25) is 0 Å². The third-order valence-corrected chi connectivity index (χ3v) is 1.01. The first kappa shape index (κ1) is 5.75. The van der Waals surface area contributed by atoms with Crippen molar-refractivity contribution in [2.45, 2.75) is 0 Å². The molecule has 0 saturated carbocycles. The zero-order valence-electron chi connectivity index (χ0n) is 4.74. The summed E-state index contributed by atoms with van der Waals surface area (Å²) in [5.74, 6) is 0. The van der Waals surface area contributed by atoms with Gasteiger partial charge in [-0.1, -0.05) is 0 Å². The molecule has 1 rings (SSSR count). The lowest BCUT2D eigenvalue weighted by atomic mass is 10.3. The molecule has 2 N–H and O–H groups in total. The number of nitrogens with zero attached hydrogens (tertiary/aromatic N) is 1. The number of rotatable bonds is 1. The molecule has 0 atom stereocenters. The lowest BCUT2D eigenvalue weighted by molar-refractivity contribution is 0.112. The molecule has 0 fully saturated rings. The fourth-order valence-electron chi connectivity index (χ4n) is 0.516. The van der Waals surface area contributed by atoms with Crippen molar-refractivity contribution in [3.8, 4) is 0 Å². The average molecular weight is 122 g/mol. The minimum Gasteiger partial charge on any atom is -0.398 e. The Morgan fingerprint density at radius 2 is 2.44 bits per heavy atom. The molecule has 0 aliphatic carbocycles. The van der Waals surface area contributed by atoms with Crippen LogP contribution in [0, 0.1) is 0 Å². The maximum absolute atomic E-state index is 10.1. The van der Waals surface area contributed by atoms with Crippen LogP contribution < -0.4 is 5.73 Å². The molecule has 0 aliphatic rings. The largest absolute Gasteiger partial charge is 0.398 e. The van der Waals surface area contributed by atoms with Gasteiger partial charge in [-0.3, -0.25) is 9.78 Å². The maximum atomic E-state index is 10.1. The van der Waals surface area contributed by atoms with Crippen LogP contribution in [0.1, 0.15) is 10.4 Å². The zero-order valence-corrected chi connectivity index (χ0v) is 4.74. The van der Waals surface area contributed by atoms with Crippen LogP contribution in [0.4, 0.5) is 5.69 Å². The number of hydrogen-bond donors (Lipinski definition) is 1. The molecule has 0 radical (unpaired) electrons. The number of hydrogen-bond acceptors (Lipinski definition) is 3. The molecule has 1 aromatic heterocycles. The summed E-state index contributed by atoms with van der Waals surface area (Å²) in [4.78, 5) is 13.8. The van der Waals surface area contributed by atoms with Gasteiger partial charge in [-0.25, -0.2) is 0 Å². The van der Waals surface area contributed by atoms with Gasteiger partial charge in [0.25, 0.3) is 0 Å². The fraction of sp³-hybridized carbons (Fsp3) is 0. The summed E-state index contributed by atoms with van der Waals surface area (Å²) in [5.41, 5.74) is 6.27. The Labute approximate surface area is 52.5 Å². The van der Waals surface area contributed by atoms with Gasteiger partial charge in [-0.15, -0.1) is 0 Å². The van der Waals surface area contributed by atoms with Gasteiger partial charge in [0, 0.05) is 18.1 Å². The molecular weight excluding hydrogens is 116 g/mol. The standard InChI is InChI=1S/C6H6N2O/c7-6-1-2-8-3-5(6)4-9/h1-4H,(H2,7,8). The van der Waals surface area contributed by atoms with E-state index in [9.17, 15) is 4.79 Å². The van der Waals surface area contributed by atoms with Crippen molar-refractivity contribution < 1.29 is 4.79 Å². The Morgan fingerprint density at radius 3 is 2.89 bits per heavy atom. The predicted molar refractivity (Wildman–Crippen MR) is 34.0 cm³/mol. The van der Waals surface area contributed by atoms with Gasteiger partial charge in [0.15, 0.2) is 6.29 Å². The summed E-state index contributed by atoms with van der Waals surface area (Å²) in [6.07, 6.45) is 3.66. The molecule has 0 aromatic carbocycles. The van der Waals surface area contributed by atoms with E-state index in [1.54, 1.807) is 12.3 Å². The van der Waals surface area contributed by atoms with Crippen LogP contribution in [0.15, 0.2) is 18.5 Å². The van der Waals surface area contributed by atoms with E-state index in [0.29, 0.717) is 17.5 Å². The van der Waals surface area contributed by atoms with Crippen molar-refractivity contribution in [2.24, 2.45) is 0 Å². The van der Waals surface area contributed by atoms with Crippen LogP contribution in [-0.2, 0) is 0 Å². The molecule has 3 nitrogen and oxygen atoms in total. The molecule has 0 aliphatic heterocycles. The van der Waals surface area contributed by atoms with E-state index in [2.05, 4.69) is 4.98 Å². The van der Waals surface area contributed by atoms with E-state index >= 15 is 0 Å². The first-order valence-electron chi connectivity index (χ1n) is 2.49. The van der Waals surface area contributed by atoms with Crippen molar-refractivity contribution in [2.75, 3.05) is 5.73 Å². The Kier molecular flexibility index (Phi) is 1.44. The molecule has 1 heterocycles. The molecular formula is C6H6N2O. The third-order valence-electron chi connectivity index (χ3n) is 1.01. The summed E-state index contributed by atoms with van der Waals surface area (Å²) in [7, 11) is 0. The number of pyridine rings is 1. The van der Waals surface area contributed by atoms with Gasteiger partial charge >= 0.3 is 0 Å². The van der Waals surface area contributed by atoms with Gasteiger partial charge in [0.1, 0.15) is 0 Å². The number of anilines is 1. The summed E-state index contributed by atoms with van der Waals surface area (Å²) < 4.78 is 0. The van der Waals surface area contributed by atoms with E-state index in [1.165, 1.54) is 6.20 Å². The van der Waals surface area contributed by atoms with Crippen molar-refractivity contribution in [3.05, 3.63) is 24.0 Å². The van der Waals surface area contributed by atoms with Crippen molar-refractivity contribution in [1.29, 1.82) is 0 Å². The van der Waals surface area contributed by atoms with Crippen LogP contribution in [-0.4, -0.2) is 11.3 Å². The van der Waals surface area contributed by atoms with E-state index < -0.39 is 0 Å². The second-order valence-electron chi connectivity index (χ2n) is 1.62. The first-order valence-corrected chi connectivity index (χ1v) is 2.49. The lowest BCUT2D eigenvalue weighted by Gasteiger charge is -1.92. The third kappa shape index (κ3) is 1.05. The monoisotopic (exact) mass is 122 g/mol. The minimum absolute atomic E-state index is 0.442. The van der Waals surface area contributed by atoms with Crippen molar-refractivity contribution in [1.82, 2.24) is 4.98 Å². The van der Waals surface area contributed by atoms with Gasteiger partial charge in [-0.05, 0) is 6.07 Å².